The summed E-state index contributed by atoms with van der Waals surface area (Å²) in [5, 5.41) is 11.1. The fourth-order valence-electron chi connectivity index (χ4n) is 7.15. The van der Waals surface area contributed by atoms with E-state index in [4.69, 9.17) is 0 Å². The van der Waals surface area contributed by atoms with Gasteiger partial charge in [0.05, 0.1) is 0 Å². The largest absolute Gasteiger partial charge is 0.382 e. The Hall–Kier alpha value is -0.960. The first kappa shape index (κ1) is 16.5. The van der Waals surface area contributed by atoms with Gasteiger partial charge in [0.1, 0.15) is 5.60 Å². The lowest BCUT2D eigenvalue weighted by molar-refractivity contribution is -0.160. The molecular formula is C21H30O3. The van der Waals surface area contributed by atoms with Gasteiger partial charge >= 0.3 is 0 Å². The zero-order valence-electron chi connectivity index (χ0n) is 15.2. The lowest BCUT2D eigenvalue weighted by atomic mass is 9.49. The summed E-state index contributed by atoms with van der Waals surface area (Å²) in [5.41, 5.74) is 0.155. The van der Waals surface area contributed by atoms with Gasteiger partial charge in [0, 0.05) is 11.8 Å². The van der Waals surface area contributed by atoms with Gasteiger partial charge in [-0.15, -0.1) is 0 Å². The second-order valence-corrected chi connectivity index (χ2v) is 9.38. The highest BCUT2D eigenvalue weighted by Crippen LogP contribution is 2.67. The van der Waals surface area contributed by atoms with Crippen molar-refractivity contribution in [3.05, 3.63) is 11.6 Å². The molecule has 0 aromatic rings. The molecule has 4 aliphatic rings. The van der Waals surface area contributed by atoms with Crippen LogP contribution in [0.15, 0.2) is 11.6 Å². The molecule has 0 heterocycles. The van der Waals surface area contributed by atoms with Crippen molar-refractivity contribution in [3.8, 4) is 0 Å². The van der Waals surface area contributed by atoms with Crippen LogP contribution in [0.25, 0.3) is 0 Å². The van der Waals surface area contributed by atoms with Gasteiger partial charge in [-0.2, -0.15) is 0 Å². The van der Waals surface area contributed by atoms with E-state index in [0.29, 0.717) is 36.4 Å². The molecule has 3 fully saturated rings. The van der Waals surface area contributed by atoms with E-state index in [0.717, 1.165) is 38.5 Å². The maximum absolute atomic E-state index is 12.2. The highest BCUT2D eigenvalue weighted by Gasteiger charge is 2.65. The van der Waals surface area contributed by atoms with E-state index in [9.17, 15) is 14.7 Å². The van der Waals surface area contributed by atoms with Gasteiger partial charge in [-0.3, -0.25) is 9.59 Å². The number of fused-ring (bicyclic) bond motifs is 5. The molecule has 4 aliphatic carbocycles. The molecule has 4 rings (SSSR count). The molecular weight excluding hydrogens is 303 g/mol. The molecule has 0 spiro atoms. The Morgan fingerprint density at radius 3 is 2.50 bits per heavy atom. The van der Waals surface area contributed by atoms with Crippen LogP contribution in [0.2, 0.25) is 0 Å². The number of Topliss-reactive ketones (excluding diaryl/α,β-unsaturated/α-hetero) is 1. The molecule has 3 saturated carbocycles. The van der Waals surface area contributed by atoms with E-state index in [1.54, 1.807) is 6.92 Å². The minimum Gasteiger partial charge on any atom is -0.382 e. The van der Waals surface area contributed by atoms with Crippen LogP contribution >= 0.6 is 0 Å². The second kappa shape index (κ2) is 5.03. The molecule has 24 heavy (non-hydrogen) atoms. The zero-order valence-corrected chi connectivity index (χ0v) is 15.2. The van der Waals surface area contributed by atoms with Crippen LogP contribution in [0.3, 0.4) is 0 Å². The van der Waals surface area contributed by atoms with Crippen molar-refractivity contribution in [3.63, 3.8) is 0 Å². The van der Waals surface area contributed by atoms with E-state index in [1.807, 2.05) is 6.08 Å². The van der Waals surface area contributed by atoms with Crippen LogP contribution < -0.4 is 0 Å². The van der Waals surface area contributed by atoms with Crippen LogP contribution in [0.1, 0.15) is 72.1 Å². The zero-order chi connectivity index (χ0) is 17.3. The van der Waals surface area contributed by atoms with Gasteiger partial charge in [0.25, 0.3) is 0 Å². The number of carbonyl (C=O) groups excluding carboxylic acids is 2. The smallest absolute Gasteiger partial charge is 0.161 e. The number of ketones is 2. The second-order valence-electron chi connectivity index (χ2n) is 9.38. The molecule has 0 bridgehead atoms. The third-order valence-corrected chi connectivity index (χ3v) is 8.70. The highest BCUT2D eigenvalue weighted by molar-refractivity contribution is 5.91. The van der Waals surface area contributed by atoms with Crippen molar-refractivity contribution in [1.82, 2.24) is 0 Å². The first-order chi connectivity index (χ1) is 11.2. The fraction of sp³-hybridized carbons (Fsp3) is 0.810. The van der Waals surface area contributed by atoms with E-state index in [-0.39, 0.29) is 16.6 Å². The van der Waals surface area contributed by atoms with Crippen molar-refractivity contribution in [2.75, 3.05) is 0 Å². The lowest BCUT2D eigenvalue weighted by Crippen LogP contribution is -2.57. The summed E-state index contributed by atoms with van der Waals surface area (Å²) in [4.78, 5) is 24.1. The molecule has 0 radical (unpaired) electrons. The highest BCUT2D eigenvalue weighted by atomic mass is 16.3. The fourth-order valence-corrected chi connectivity index (χ4v) is 7.15. The van der Waals surface area contributed by atoms with Gasteiger partial charge in [-0.1, -0.05) is 19.4 Å². The quantitative estimate of drug-likeness (QED) is 0.742. The van der Waals surface area contributed by atoms with Crippen molar-refractivity contribution in [2.24, 2.45) is 28.6 Å². The van der Waals surface area contributed by atoms with Crippen LogP contribution in [-0.2, 0) is 9.59 Å². The third-order valence-electron chi connectivity index (χ3n) is 8.70. The minimum absolute atomic E-state index is 0.0446. The average Bonchev–Trinajstić information content (AvgIpc) is 2.81. The molecule has 132 valence electrons. The van der Waals surface area contributed by atoms with Gasteiger partial charge in [-0.25, -0.2) is 0 Å². The van der Waals surface area contributed by atoms with Gasteiger partial charge in [-0.05, 0) is 81.1 Å². The Kier molecular flexibility index (Phi) is 3.46. The van der Waals surface area contributed by atoms with Gasteiger partial charge in [0.2, 0.25) is 0 Å². The van der Waals surface area contributed by atoms with Gasteiger partial charge in [0.15, 0.2) is 11.6 Å². The first-order valence-corrected chi connectivity index (χ1v) is 9.70. The molecule has 0 aromatic carbocycles. The Bertz CT molecular complexity index is 635. The molecule has 0 amide bonds. The number of carbonyl (C=O) groups is 2. The topological polar surface area (TPSA) is 54.4 Å². The van der Waals surface area contributed by atoms with Crippen LogP contribution in [-0.4, -0.2) is 22.3 Å². The number of aliphatic hydroxyl groups is 1. The summed E-state index contributed by atoms with van der Waals surface area (Å²) in [5.74, 6) is 1.90. The first-order valence-electron chi connectivity index (χ1n) is 9.70. The number of hydrogen-bond donors (Lipinski definition) is 1. The average molecular weight is 333 g/mol. The summed E-state index contributed by atoms with van der Waals surface area (Å²) < 4.78 is 0. The number of rotatable bonds is 1. The van der Waals surface area contributed by atoms with Crippen LogP contribution in [0, 0.1) is 28.6 Å². The molecule has 1 N–H and O–H groups in total. The van der Waals surface area contributed by atoms with E-state index in [2.05, 4.69) is 13.8 Å². The minimum atomic E-state index is -1.12. The Morgan fingerprint density at radius 1 is 1.08 bits per heavy atom. The summed E-state index contributed by atoms with van der Waals surface area (Å²) in [6, 6.07) is 0. The van der Waals surface area contributed by atoms with Crippen molar-refractivity contribution in [2.45, 2.75) is 77.7 Å². The maximum atomic E-state index is 12.2. The predicted molar refractivity (Wildman–Crippen MR) is 92.3 cm³/mol. The maximum Gasteiger partial charge on any atom is 0.161 e. The van der Waals surface area contributed by atoms with Gasteiger partial charge < -0.3 is 5.11 Å². The lowest BCUT2D eigenvalue weighted by Gasteiger charge is -2.58. The molecule has 6 atom stereocenters. The molecule has 0 saturated heterocycles. The van der Waals surface area contributed by atoms with Crippen molar-refractivity contribution >= 4 is 11.6 Å². The molecule has 0 aromatic heterocycles. The molecule has 0 unspecified atom stereocenters. The molecule has 3 heteroatoms. The Balaban J connectivity index is 1.70. The van der Waals surface area contributed by atoms with E-state index >= 15 is 0 Å². The van der Waals surface area contributed by atoms with Crippen molar-refractivity contribution < 1.29 is 14.7 Å². The van der Waals surface area contributed by atoms with E-state index in [1.165, 1.54) is 5.57 Å². The standard InChI is InChI=1S/C21H30O3/c1-13(22)21(24)11-8-18-16-5-4-14-12-15(23)6-9-19(14,2)17(16)7-10-20(18,21)3/h12,16-18,24H,4-11H2,1-3H3/t16-,17+,18+,19+,20+,21+/m1/s1/i6+1,9+1,15+1. The van der Waals surface area contributed by atoms with Crippen LogP contribution in [0.5, 0.6) is 0 Å². The summed E-state index contributed by atoms with van der Waals surface area (Å²) >= 11 is 0. The SMILES string of the molecule is CC(=O)[C@@]1(O)CC[C@H]2[C@@H]3CCC4=C[13C](=O)[13CH2][13CH2][C@]4(C)[C@H]3CC[C@@]21C. The Labute approximate surface area is 144 Å². The van der Waals surface area contributed by atoms with E-state index < -0.39 is 5.60 Å². The van der Waals surface area contributed by atoms with Crippen molar-refractivity contribution in [1.29, 1.82) is 0 Å². The third kappa shape index (κ3) is 1.88. The summed E-state index contributed by atoms with van der Waals surface area (Å²) in [6.07, 6.45) is 9.37. The molecule has 3 nitrogen and oxygen atoms in total. The summed E-state index contributed by atoms with van der Waals surface area (Å²) in [7, 11) is 0. The molecule has 0 aliphatic heterocycles. The summed E-state index contributed by atoms with van der Waals surface area (Å²) in [6.45, 7) is 6.10. The van der Waals surface area contributed by atoms with Crippen LogP contribution in [0.4, 0.5) is 0 Å². The number of allylic oxidation sites excluding steroid dienone is 1. The monoisotopic (exact) mass is 333 g/mol. The Morgan fingerprint density at radius 2 is 1.79 bits per heavy atom. The predicted octanol–water partition coefficient (Wildman–Crippen LogP) is 3.84. The number of hydrogen-bond acceptors (Lipinski definition) is 3. The normalized spacial score (nSPS) is 50.6.